The number of hydrogen-bond acceptors (Lipinski definition) is 7. The fourth-order valence-corrected chi connectivity index (χ4v) is 3.54. The molecule has 0 unspecified atom stereocenters. The van der Waals surface area contributed by atoms with Gasteiger partial charge in [-0.3, -0.25) is 14.5 Å². The van der Waals surface area contributed by atoms with Crippen LogP contribution in [0.4, 0.5) is 10.5 Å². The van der Waals surface area contributed by atoms with Crippen molar-refractivity contribution in [3.63, 3.8) is 0 Å². The van der Waals surface area contributed by atoms with Crippen LogP contribution in [0.2, 0.25) is 0 Å². The molecular weight excluding hydrogens is 384 g/mol. The molecule has 27 heavy (non-hydrogen) atoms. The number of aromatic nitrogens is 2. The number of benzene rings is 1. The molecule has 0 aliphatic heterocycles. The number of rotatable bonds is 3. The van der Waals surface area contributed by atoms with Crippen LogP contribution in [0.25, 0.3) is 22.6 Å². The van der Waals surface area contributed by atoms with Gasteiger partial charge in [0.1, 0.15) is 5.52 Å². The van der Waals surface area contributed by atoms with Crippen LogP contribution >= 0.6 is 23.3 Å². The molecule has 0 atom stereocenters. The lowest BCUT2D eigenvalue weighted by atomic mass is 10.3. The van der Waals surface area contributed by atoms with Crippen LogP contribution in [-0.4, -0.2) is 21.1 Å². The fourth-order valence-electron chi connectivity index (χ4n) is 2.31. The molecule has 0 radical (unpaired) electrons. The van der Waals surface area contributed by atoms with Crippen molar-refractivity contribution in [3.05, 3.63) is 65.1 Å². The van der Waals surface area contributed by atoms with E-state index >= 15 is 0 Å². The summed E-state index contributed by atoms with van der Waals surface area (Å²) in [6.45, 7) is 0. The van der Waals surface area contributed by atoms with E-state index in [1.54, 1.807) is 54.2 Å². The van der Waals surface area contributed by atoms with Crippen LogP contribution in [0.1, 0.15) is 9.67 Å². The summed E-state index contributed by atoms with van der Waals surface area (Å²) in [5, 5.41) is 4.26. The lowest BCUT2D eigenvalue weighted by Gasteiger charge is -2.05. The van der Waals surface area contributed by atoms with Gasteiger partial charge in [0.05, 0.1) is 10.4 Å². The van der Waals surface area contributed by atoms with Crippen molar-refractivity contribution in [1.82, 2.24) is 14.7 Å². The largest absolute Gasteiger partial charge is 0.436 e. The van der Waals surface area contributed by atoms with Crippen LogP contribution in [0.3, 0.4) is 0 Å². The summed E-state index contributed by atoms with van der Waals surface area (Å²) in [6.07, 6.45) is 3.34. The molecule has 1 aromatic carbocycles. The van der Waals surface area contributed by atoms with E-state index in [4.69, 9.17) is 4.42 Å². The first-order valence-electron chi connectivity index (χ1n) is 7.82. The van der Waals surface area contributed by atoms with Crippen LogP contribution in [0.5, 0.6) is 0 Å². The maximum absolute atomic E-state index is 12.0. The molecule has 3 aromatic heterocycles. The number of anilines is 1. The number of hydrogen-bond donors (Lipinski definition) is 2. The Bertz CT molecular complexity index is 1090. The molecule has 2 N–H and O–H groups in total. The first kappa shape index (κ1) is 17.3. The summed E-state index contributed by atoms with van der Waals surface area (Å²) in [5.41, 5.74) is 2.51. The van der Waals surface area contributed by atoms with E-state index in [1.807, 2.05) is 6.07 Å². The summed E-state index contributed by atoms with van der Waals surface area (Å²) < 4.78 is 8.18. The molecule has 3 heterocycles. The minimum absolute atomic E-state index is 0.215. The molecular formula is C18H12N4O3S2. The molecule has 0 fully saturated rings. The zero-order valence-corrected chi connectivity index (χ0v) is 15.3. The third-order valence-electron chi connectivity index (χ3n) is 3.51. The first-order chi connectivity index (χ1) is 13.2. The van der Waals surface area contributed by atoms with Crippen molar-refractivity contribution in [2.24, 2.45) is 0 Å². The van der Waals surface area contributed by atoms with Gasteiger partial charge in [-0.1, -0.05) is 6.07 Å². The van der Waals surface area contributed by atoms with Gasteiger partial charge in [-0.05, 0) is 41.8 Å². The zero-order valence-electron chi connectivity index (χ0n) is 13.7. The van der Waals surface area contributed by atoms with Crippen LogP contribution in [0.15, 0.2) is 64.7 Å². The van der Waals surface area contributed by atoms with E-state index in [9.17, 15) is 9.59 Å². The van der Waals surface area contributed by atoms with Gasteiger partial charge in [-0.25, -0.2) is 9.78 Å². The minimum Gasteiger partial charge on any atom is -0.436 e. The predicted octanol–water partition coefficient (Wildman–Crippen LogP) is 4.56. The highest BCUT2D eigenvalue weighted by Gasteiger charge is 2.12. The van der Waals surface area contributed by atoms with E-state index in [1.165, 1.54) is 11.3 Å². The van der Waals surface area contributed by atoms with Gasteiger partial charge >= 0.3 is 6.03 Å². The summed E-state index contributed by atoms with van der Waals surface area (Å²) in [6, 6.07) is 11.8. The number of amides is 2. The highest BCUT2D eigenvalue weighted by Crippen LogP contribution is 2.25. The molecule has 0 aliphatic carbocycles. The molecule has 0 aliphatic rings. The van der Waals surface area contributed by atoms with E-state index in [2.05, 4.69) is 20.0 Å². The predicted molar refractivity (Wildman–Crippen MR) is 106 cm³/mol. The molecule has 0 saturated carbocycles. The quantitative estimate of drug-likeness (QED) is 0.493. The molecule has 0 bridgehead atoms. The highest BCUT2D eigenvalue weighted by atomic mass is 32.2. The van der Waals surface area contributed by atoms with Crippen molar-refractivity contribution < 1.29 is 14.0 Å². The van der Waals surface area contributed by atoms with Gasteiger partial charge in [-0.15, -0.1) is 11.3 Å². The molecule has 0 saturated heterocycles. The first-order valence-corrected chi connectivity index (χ1v) is 9.51. The number of nitrogens with zero attached hydrogens (tertiary/aromatic N) is 2. The Morgan fingerprint density at radius 3 is 2.85 bits per heavy atom. The van der Waals surface area contributed by atoms with Gasteiger partial charge < -0.3 is 9.73 Å². The Kier molecular flexibility index (Phi) is 4.86. The second-order valence-electron chi connectivity index (χ2n) is 5.37. The summed E-state index contributed by atoms with van der Waals surface area (Å²) >= 11 is 2.06. The second-order valence-corrected chi connectivity index (χ2v) is 7.09. The Morgan fingerprint density at radius 1 is 1.15 bits per heavy atom. The van der Waals surface area contributed by atoms with E-state index in [-0.39, 0.29) is 5.12 Å². The number of thiophene rings is 1. The number of oxazole rings is 1. The Labute approximate surface area is 162 Å². The Morgan fingerprint density at radius 2 is 2.07 bits per heavy atom. The van der Waals surface area contributed by atoms with Crippen molar-refractivity contribution in [2.45, 2.75) is 0 Å². The number of urea groups is 1. The van der Waals surface area contributed by atoms with Gasteiger partial charge in [-0.2, -0.15) is 0 Å². The average Bonchev–Trinajstić information content (AvgIpc) is 3.36. The number of carbonyl (C=O) groups is 2. The Balaban J connectivity index is 1.43. The van der Waals surface area contributed by atoms with Crippen molar-refractivity contribution in [3.8, 4) is 11.5 Å². The number of pyridine rings is 1. The maximum atomic E-state index is 12.0. The SMILES string of the molecule is O=C(NSC(=O)c1cccs1)Nc1ccc2oc(-c3cccnc3)nc2c1. The molecule has 9 heteroatoms. The number of carbonyl (C=O) groups excluding carboxylic acids is 2. The molecule has 0 spiro atoms. The molecule has 2 amide bonds. The summed E-state index contributed by atoms with van der Waals surface area (Å²) in [5.74, 6) is 0.455. The normalized spacial score (nSPS) is 10.7. The fraction of sp³-hybridized carbons (Fsp3) is 0. The van der Waals surface area contributed by atoms with Crippen molar-refractivity contribution in [2.75, 3.05) is 5.32 Å². The van der Waals surface area contributed by atoms with Gasteiger partial charge in [0, 0.05) is 30.0 Å². The topological polar surface area (TPSA) is 97.1 Å². The van der Waals surface area contributed by atoms with E-state index in [0.717, 1.165) is 17.5 Å². The van der Waals surface area contributed by atoms with Crippen molar-refractivity contribution in [1.29, 1.82) is 0 Å². The number of nitrogens with one attached hydrogen (secondary N) is 2. The third kappa shape index (κ3) is 3.99. The average molecular weight is 396 g/mol. The Hall–Kier alpha value is -3.17. The van der Waals surface area contributed by atoms with Gasteiger partial charge in [0.25, 0.3) is 0 Å². The lowest BCUT2D eigenvalue weighted by Crippen LogP contribution is -2.24. The molecule has 134 valence electrons. The standard InChI is InChI=1S/C18H12N4O3S2/c23-17(15-4-2-8-26-15)27-22-18(24)20-12-5-6-14-13(9-12)21-16(25-14)11-3-1-7-19-10-11/h1-10H,(H2,20,22,24). The highest BCUT2D eigenvalue weighted by molar-refractivity contribution is 8.13. The second kappa shape index (κ2) is 7.60. The van der Waals surface area contributed by atoms with Gasteiger partial charge in [0.2, 0.25) is 11.0 Å². The molecule has 4 rings (SSSR count). The van der Waals surface area contributed by atoms with Gasteiger partial charge in [0.15, 0.2) is 5.58 Å². The van der Waals surface area contributed by atoms with Crippen molar-refractivity contribution >= 4 is 51.2 Å². The summed E-state index contributed by atoms with van der Waals surface area (Å²) in [7, 11) is 0. The van der Waals surface area contributed by atoms with Crippen LogP contribution in [-0.2, 0) is 0 Å². The monoisotopic (exact) mass is 396 g/mol. The zero-order chi connectivity index (χ0) is 18.6. The van der Waals surface area contributed by atoms with E-state index < -0.39 is 6.03 Å². The number of fused-ring (bicyclic) bond motifs is 1. The smallest absolute Gasteiger partial charge is 0.329 e. The minimum atomic E-state index is -0.500. The summed E-state index contributed by atoms with van der Waals surface area (Å²) in [4.78, 5) is 32.9. The maximum Gasteiger partial charge on any atom is 0.329 e. The lowest BCUT2D eigenvalue weighted by molar-refractivity contribution is 0.109. The third-order valence-corrected chi connectivity index (χ3v) is 5.20. The van der Waals surface area contributed by atoms with Crippen LogP contribution in [0, 0.1) is 0 Å². The molecule has 7 nitrogen and oxygen atoms in total. The molecule has 4 aromatic rings. The van der Waals surface area contributed by atoms with Crippen LogP contribution < -0.4 is 10.0 Å². The van der Waals surface area contributed by atoms with E-state index in [0.29, 0.717) is 27.6 Å².